The Bertz CT molecular complexity index is 127. The van der Waals surface area contributed by atoms with E-state index in [1.807, 2.05) is 21.6 Å². The number of hydrogen-bond acceptors (Lipinski definition) is 6. The van der Waals surface area contributed by atoms with E-state index in [4.69, 9.17) is 0 Å². The molecule has 0 saturated carbocycles. The highest BCUT2D eigenvalue weighted by atomic mass is 33.1. The van der Waals surface area contributed by atoms with Gasteiger partial charge in [0, 0.05) is 33.5 Å². The van der Waals surface area contributed by atoms with E-state index in [-0.39, 0.29) is 0 Å². The Kier molecular flexibility index (Phi) is 15.3. The van der Waals surface area contributed by atoms with Gasteiger partial charge in [0.25, 0.3) is 0 Å². The van der Waals surface area contributed by atoms with Crippen molar-refractivity contribution in [3.8, 4) is 0 Å². The summed E-state index contributed by atoms with van der Waals surface area (Å²) in [6, 6.07) is 0. The maximum absolute atomic E-state index is 4.41. The van der Waals surface area contributed by atoms with Gasteiger partial charge in [-0.15, -0.1) is 0 Å². The molecule has 0 aliphatic rings. The van der Waals surface area contributed by atoms with Gasteiger partial charge < -0.3 is 0 Å². The Morgan fingerprint density at radius 3 is 1.44 bits per heavy atom. The summed E-state index contributed by atoms with van der Waals surface area (Å²) in [5.41, 5.74) is 0. The molecule has 16 heavy (non-hydrogen) atoms. The highest BCUT2D eigenvalue weighted by molar-refractivity contribution is 8.76. The molecule has 0 aliphatic heterocycles. The molecule has 0 N–H and O–H groups in total. The second-order valence-corrected chi connectivity index (χ2v) is 8.49. The van der Waals surface area contributed by atoms with E-state index >= 15 is 0 Å². The Morgan fingerprint density at radius 2 is 1.12 bits per heavy atom. The van der Waals surface area contributed by atoms with E-state index in [9.17, 15) is 0 Å². The number of thiol groups is 4. The van der Waals surface area contributed by atoms with Gasteiger partial charge in [0.2, 0.25) is 0 Å². The molecule has 0 fully saturated rings. The normalized spacial score (nSPS) is 15.0. The van der Waals surface area contributed by atoms with Gasteiger partial charge >= 0.3 is 0 Å². The first kappa shape index (κ1) is 18.1. The van der Waals surface area contributed by atoms with Gasteiger partial charge in [0.1, 0.15) is 0 Å². The van der Waals surface area contributed by atoms with Crippen LogP contribution in [0.2, 0.25) is 0 Å². The third-order valence-electron chi connectivity index (χ3n) is 2.03. The van der Waals surface area contributed by atoms with E-state index in [2.05, 4.69) is 50.5 Å². The third kappa shape index (κ3) is 12.6. The van der Waals surface area contributed by atoms with Crippen LogP contribution in [0.1, 0.15) is 25.7 Å². The van der Waals surface area contributed by atoms with Gasteiger partial charge in [-0.3, -0.25) is 0 Å². The van der Waals surface area contributed by atoms with Crippen LogP contribution in [0.3, 0.4) is 0 Å². The van der Waals surface area contributed by atoms with Crippen LogP contribution >= 0.6 is 72.1 Å². The molecule has 6 heteroatoms. The quantitative estimate of drug-likeness (QED) is 0.251. The summed E-state index contributed by atoms with van der Waals surface area (Å²) in [6.07, 6.45) is 4.85. The minimum atomic E-state index is 0.467. The molecular formula is C10H22S6. The summed E-state index contributed by atoms with van der Waals surface area (Å²) >= 11 is 17.3. The molecule has 2 unspecified atom stereocenters. The van der Waals surface area contributed by atoms with E-state index in [0.717, 1.165) is 11.5 Å². The van der Waals surface area contributed by atoms with Crippen molar-refractivity contribution in [2.24, 2.45) is 0 Å². The Labute approximate surface area is 130 Å². The van der Waals surface area contributed by atoms with Gasteiger partial charge in [-0.25, -0.2) is 0 Å². The Morgan fingerprint density at radius 1 is 0.750 bits per heavy atom. The summed E-state index contributed by atoms with van der Waals surface area (Å²) in [5.74, 6) is 4.22. The molecule has 0 bridgehead atoms. The average Bonchev–Trinajstić information content (AvgIpc) is 2.31. The fourth-order valence-corrected chi connectivity index (χ4v) is 4.01. The molecule has 0 amide bonds. The summed E-state index contributed by atoms with van der Waals surface area (Å²) < 4.78 is 0. The molecular weight excluding hydrogens is 313 g/mol. The van der Waals surface area contributed by atoms with Crippen LogP contribution in [-0.2, 0) is 0 Å². The van der Waals surface area contributed by atoms with Crippen LogP contribution in [0, 0.1) is 0 Å². The minimum absolute atomic E-state index is 0.467. The average molecular weight is 335 g/mol. The topological polar surface area (TPSA) is 0 Å². The van der Waals surface area contributed by atoms with Crippen LogP contribution in [0.15, 0.2) is 0 Å². The zero-order chi connectivity index (χ0) is 12.2. The largest absolute Gasteiger partial charge is 0.178 e. The highest BCUT2D eigenvalue weighted by Crippen LogP contribution is 2.25. The van der Waals surface area contributed by atoms with Crippen LogP contribution in [-0.4, -0.2) is 33.5 Å². The van der Waals surface area contributed by atoms with Crippen molar-refractivity contribution < 1.29 is 0 Å². The lowest BCUT2D eigenvalue weighted by Crippen LogP contribution is -2.00. The molecule has 0 heterocycles. The molecule has 98 valence electrons. The summed E-state index contributed by atoms with van der Waals surface area (Å²) in [7, 11) is 3.96. The van der Waals surface area contributed by atoms with Crippen molar-refractivity contribution in [2.45, 2.75) is 36.2 Å². The first-order valence-electron chi connectivity index (χ1n) is 5.53. The predicted octanol–water partition coefficient (Wildman–Crippen LogP) is 4.38. The summed E-state index contributed by atoms with van der Waals surface area (Å²) in [4.78, 5) is 0. The summed E-state index contributed by atoms with van der Waals surface area (Å²) in [5, 5.41) is 0.934. The minimum Gasteiger partial charge on any atom is -0.178 e. The van der Waals surface area contributed by atoms with Gasteiger partial charge in [-0.2, -0.15) is 50.5 Å². The van der Waals surface area contributed by atoms with Gasteiger partial charge in [0.15, 0.2) is 0 Å². The maximum atomic E-state index is 4.41. The molecule has 0 aromatic rings. The predicted molar refractivity (Wildman–Crippen MR) is 96.6 cm³/mol. The lowest BCUT2D eigenvalue weighted by atomic mass is 10.3. The van der Waals surface area contributed by atoms with Crippen molar-refractivity contribution in [3.05, 3.63) is 0 Å². The van der Waals surface area contributed by atoms with E-state index in [0.29, 0.717) is 10.5 Å². The number of hydrogen-bond donors (Lipinski definition) is 4. The first-order chi connectivity index (χ1) is 7.70. The molecule has 0 aromatic carbocycles. The third-order valence-corrected chi connectivity index (χ3v) is 6.95. The summed E-state index contributed by atoms with van der Waals surface area (Å²) in [6.45, 7) is 0. The molecule has 0 rings (SSSR count). The molecule has 0 aromatic heterocycles. The van der Waals surface area contributed by atoms with E-state index in [1.165, 1.54) is 37.2 Å². The monoisotopic (exact) mass is 334 g/mol. The standard InChI is InChI=1S/C10H22S6/c11-7-9(13)3-1-5-15-16-6-2-4-10(14)8-12/h9-14H,1-8H2. The molecule has 0 nitrogen and oxygen atoms in total. The Hall–Kier alpha value is 2.10. The van der Waals surface area contributed by atoms with Crippen LogP contribution in [0.5, 0.6) is 0 Å². The highest BCUT2D eigenvalue weighted by Gasteiger charge is 2.01. The molecule has 0 saturated heterocycles. The molecule has 0 radical (unpaired) electrons. The second-order valence-electron chi connectivity index (χ2n) is 3.60. The van der Waals surface area contributed by atoms with Crippen molar-refractivity contribution >= 4 is 72.1 Å². The lowest BCUT2D eigenvalue weighted by Gasteiger charge is -2.07. The smallest absolute Gasteiger partial charge is 0.0105 e. The van der Waals surface area contributed by atoms with Gasteiger partial charge in [-0.1, -0.05) is 21.6 Å². The SMILES string of the molecule is SCC(S)CCCSSCCCC(S)CS. The maximum Gasteiger partial charge on any atom is 0.0105 e. The lowest BCUT2D eigenvalue weighted by molar-refractivity contribution is 0.806. The first-order valence-corrected chi connectivity index (χ1v) is 10.3. The number of rotatable bonds is 11. The van der Waals surface area contributed by atoms with Crippen molar-refractivity contribution in [2.75, 3.05) is 23.0 Å². The molecule has 0 aliphatic carbocycles. The molecule has 2 atom stereocenters. The zero-order valence-corrected chi connectivity index (χ0v) is 14.6. The Balaban J connectivity index is 3.04. The van der Waals surface area contributed by atoms with Crippen LogP contribution < -0.4 is 0 Å². The van der Waals surface area contributed by atoms with Crippen molar-refractivity contribution in [3.63, 3.8) is 0 Å². The van der Waals surface area contributed by atoms with E-state index in [1.54, 1.807) is 0 Å². The van der Waals surface area contributed by atoms with Crippen molar-refractivity contribution in [1.82, 2.24) is 0 Å². The van der Waals surface area contributed by atoms with E-state index < -0.39 is 0 Å². The van der Waals surface area contributed by atoms with Crippen LogP contribution in [0.25, 0.3) is 0 Å². The second kappa shape index (κ2) is 13.5. The molecule has 0 spiro atoms. The van der Waals surface area contributed by atoms with Crippen molar-refractivity contribution in [1.29, 1.82) is 0 Å². The zero-order valence-electron chi connectivity index (χ0n) is 9.42. The van der Waals surface area contributed by atoms with Gasteiger partial charge in [-0.05, 0) is 25.7 Å². The van der Waals surface area contributed by atoms with Gasteiger partial charge in [0.05, 0.1) is 0 Å². The fourth-order valence-electron chi connectivity index (χ4n) is 1.06. The van der Waals surface area contributed by atoms with Crippen LogP contribution in [0.4, 0.5) is 0 Å². The fraction of sp³-hybridized carbons (Fsp3) is 1.00.